The lowest BCUT2D eigenvalue weighted by atomic mass is 10.2. The van der Waals surface area contributed by atoms with Crippen LogP contribution in [0.4, 0.5) is 0 Å². The summed E-state index contributed by atoms with van der Waals surface area (Å²) in [5, 5.41) is 9.79. The molecule has 0 bridgehead atoms. The largest absolute Gasteiger partial charge is 0.300 e. The highest BCUT2D eigenvalue weighted by Crippen LogP contribution is 2.22. The van der Waals surface area contributed by atoms with Crippen molar-refractivity contribution in [2.75, 3.05) is 5.75 Å². The summed E-state index contributed by atoms with van der Waals surface area (Å²) in [7, 11) is 0. The van der Waals surface area contributed by atoms with Gasteiger partial charge in [0.2, 0.25) is 5.78 Å². The summed E-state index contributed by atoms with van der Waals surface area (Å²) in [6.07, 6.45) is 3.02. The Morgan fingerprint density at radius 2 is 2.12 bits per heavy atom. The molecule has 3 rings (SSSR count). The van der Waals surface area contributed by atoms with E-state index in [0.29, 0.717) is 24.1 Å². The average Bonchev–Trinajstić information content (AvgIpc) is 2.99. The number of para-hydroxylation sites is 1. The molecule has 2 heterocycles. The summed E-state index contributed by atoms with van der Waals surface area (Å²) >= 11 is 1.54. The third kappa shape index (κ3) is 2.99. The molecule has 0 aliphatic heterocycles. The normalized spacial score (nSPS) is 11.2. The van der Waals surface area contributed by atoms with Gasteiger partial charge in [0.05, 0.1) is 10.9 Å². The van der Waals surface area contributed by atoms with Gasteiger partial charge in [-0.2, -0.15) is 0 Å². The van der Waals surface area contributed by atoms with Crippen LogP contribution in [0.1, 0.15) is 19.8 Å². The van der Waals surface area contributed by atoms with Crippen LogP contribution in [0, 0.1) is 0 Å². The smallest absolute Gasteiger partial charge is 0.263 e. The van der Waals surface area contributed by atoms with Crippen LogP contribution in [0.25, 0.3) is 16.7 Å². The van der Waals surface area contributed by atoms with Gasteiger partial charge in [0.1, 0.15) is 5.78 Å². The van der Waals surface area contributed by atoms with Crippen LogP contribution >= 0.6 is 11.8 Å². The van der Waals surface area contributed by atoms with Gasteiger partial charge in [-0.15, -0.1) is 16.8 Å². The molecule has 7 heteroatoms. The first-order valence-electron chi connectivity index (χ1n) is 7.73. The first-order valence-corrected chi connectivity index (χ1v) is 8.72. The molecule has 1 aromatic carbocycles. The highest BCUT2D eigenvalue weighted by atomic mass is 32.2. The molecule has 0 saturated carbocycles. The van der Waals surface area contributed by atoms with Crippen LogP contribution in [0.2, 0.25) is 0 Å². The molecule has 3 aromatic rings. The number of rotatable bonds is 7. The molecule has 0 atom stereocenters. The van der Waals surface area contributed by atoms with Crippen molar-refractivity contribution in [1.82, 2.24) is 19.2 Å². The molecule has 0 fully saturated rings. The Balaban J connectivity index is 2.10. The van der Waals surface area contributed by atoms with E-state index in [4.69, 9.17) is 0 Å². The van der Waals surface area contributed by atoms with Crippen LogP contribution in [0.3, 0.4) is 0 Å². The minimum absolute atomic E-state index is 0.0986. The second-order valence-electron chi connectivity index (χ2n) is 5.49. The Bertz CT molecular complexity index is 974. The Kier molecular flexibility index (Phi) is 4.80. The van der Waals surface area contributed by atoms with Crippen molar-refractivity contribution < 1.29 is 4.79 Å². The molecular weight excluding hydrogens is 324 g/mol. The molecular formula is C17H18N4O2S. The van der Waals surface area contributed by atoms with Crippen molar-refractivity contribution in [2.24, 2.45) is 0 Å². The molecule has 124 valence electrons. The lowest BCUT2D eigenvalue weighted by Crippen LogP contribution is -2.22. The Morgan fingerprint density at radius 3 is 2.88 bits per heavy atom. The number of carbonyl (C=O) groups excluding carboxylic acids is 1. The number of benzene rings is 1. The summed E-state index contributed by atoms with van der Waals surface area (Å²) in [5.41, 5.74) is 0.690. The van der Waals surface area contributed by atoms with Gasteiger partial charge in [0, 0.05) is 18.7 Å². The van der Waals surface area contributed by atoms with E-state index in [1.165, 1.54) is 0 Å². The van der Waals surface area contributed by atoms with Gasteiger partial charge < -0.3 is 4.79 Å². The van der Waals surface area contributed by atoms with Crippen LogP contribution in [-0.4, -0.2) is 30.7 Å². The van der Waals surface area contributed by atoms with E-state index in [2.05, 4.69) is 16.8 Å². The van der Waals surface area contributed by atoms with Crippen LogP contribution < -0.4 is 5.56 Å². The van der Waals surface area contributed by atoms with Crippen molar-refractivity contribution in [3.05, 3.63) is 47.3 Å². The summed E-state index contributed by atoms with van der Waals surface area (Å²) in [6.45, 7) is 5.68. The molecule has 0 spiro atoms. The second kappa shape index (κ2) is 7.00. The first-order chi connectivity index (χ1) is 11.6. The molecule has 2 aromatic heterocycles. The monoisotopic (exact) mass is 342 g/mol. The SMILES string of the molecule is C=CCn1c(=O)c2ccccc2n2c(SCCCC(C)=O)nnc12. The van der Waals surface area contributed by atoms with Crippen molar-refractivity contribution in [3.63, 3.8) is 0 Å². The molecule has 6 nitrogen and oxygen atoms in total. The molecule has 0 radical (unpaired) electrons. The number of ketones is 1. The van der Waals surface area contributed by atoms with Gasteiger partial charge in [0.25, 0.3) is 5.56 Å². The molecule has 0 N–H and O–H groups in total. The van der Waals surface area contributed by atoms with E-state index in [0.717, 1.165) is 22.8 Å². The van der Waals surface area contributed by atoms with Crippen molar-refractivity contribution in [1.29, 1.82) is 0 Å². The van der Waals surface area contributed by atoms with Gasteiger partial charge in [-0.05, 0) is 25.5 Å². The number of carbonyl (C=O) groups is 1. The Labute approximate surface area is 143 Å². The number of aromatic nitrogens is 4. The molecule has 0 saturated heterocycles. The standard InChI is InChI=1S/C17H18N4O2S/c1-3-10-20-15(23)13-8-4-5-9-14(13)21-16(20)18-19-17(21)24-11-6-7-12(2)22/h3-5,8-9H,1,6-7,10-11H2,2H3. The Hall–Kier alpha value is -2.41. The predicted octanol–water partition coefficient (Wildman–Crippen LogP) is 2.69. The predicted molar refractivity (Wildman–Crippen MR) is 95.6 cm³/mol. The van der Waals surface area contributed by atoms with E-state index in [9.17, 15) is 9.59 Å². The lowest BCUT2D eigenvalue weighted by molar-refractivity contribution is -0.117. The van der Waals surface area contributed by atoms with Gasteiger partial charge in [0.15, 0.2) is 5.16 Å². The minimum Gasteiger partial charge on any atom is -0.300 e. The molecule has 0 aliphatic carbocycles. The fourth-order valence-corrected chi connectivity index (χ4v) is 3.48. The van der Waals surface area contributed by atoms with E-state index >= 15 is 0 Å². The Morgan fingerprint density at radius 1 is 1.33 bits per heavy atom. The zero-order chi connectivity index (χ0) is 17.1. The molecule has 0 aliphatic rings. The van der Waals surface area contributed by atoms with Crippen LogP contribution in [0.15, 0.2) is 46.9 Å². The third-order valence-corrected chi connectivity index (χ3v) is 4.71. The van der Waals surface area contributed by atoms with Gasteiger partial charge in [-0.25, -0.2) is 0 Å². The number of hydrogen-bond donors (Lipinski definition) is 0. The third-order valence-electron chi connectivity index (χ3n) is 3.69. The number of Topliss-reactive ketones (excluding diaryl/α,β-unsaturated/α-hetero) is 1. The van der Waals surface area contributed by atoms with Crippen molar-refractivity contribution in [2.45, 2.75) is 31.5 Å². The zero-order valence-electron chi connectivity index (χ0n) is 13.4. The zero-order valence-corrected chi connectivity index (χ0v) is 14.3. The summed E-state index contributed by atoms with van der Waals surface area (Å²) in [6, 6.07) is 7.44. The lowest BCUT2D eigenvalue weighted by Gasteiger charge is -2.09. The maximum atomic E-state index is 12.7. The summed E-state index contributed by atoms with van der Waals surface area (Å²) in [5.74, 6) is 1.47. The molecule has 0 unspecified atom stereocenters. The maximum absolute atomic E-state index is 12.7. The van der Waals surface area contributed by atoms with E-state index in [1.54, 1.807) is 35.4 Å². The quantitative estimate of drug-likeness (QED) is 0.375. The number of fused-ring (bicyclic) bond motifs is 3. The number of thioether (sulfide) groups is 1. The van der Waals surface area contributed by atoms with Gasteiger partial charge >= 0.3 is 0 Å². The van der Waals surface area contributed by atoms with Crippen molar-refractivity contribution >= 4 is 34.2 Å². The van der Waals surface area contributed by atoms with Gasteiger partial charge in [-0.1, -0.05) is 30.0 Å². The molecule has 0 amide bonds. The van der Waals surface area contributed by atoms with E-state index in [-0.39, 0.29) is 11.3 Å². The first kappa shape index (κ1) is 16.4. The number of allylic oxidation sites excluding steroid dienone is 1. The highest BCUT2D eigenvalue weighted by molar-refractivity contribution is 7.99. The molecule has 24 heavy (non-hydrogen) atoms. The van der Waals surface area contributed by atoms with Crippen LogP contribution in [-0.2, 0) is 11.3 Å². The van der Waals surface area contributed by atoms with Crippen molar-refractivity contribution in [3.8, 4) is 0 Å². The maximum Gasteiger partial charge on any atom is 0.263 e. The fraction of sp³-hybridized carbons (Fsp3) is 0.294. The highest BCUT2D eigenvalue weighted by Gasteiger charge is 2.15. The van der Waals surface area contributed by atoms with E-state index < -0.39 is 0 Å². The minimum atomic E-state index is -0.0986. The number of hydrogen-bond acceptors (Lipinski definition) is 5. The fourth-order valence-electron chi connectivity index (χ4n) is 2.61. The van der Waals surface area contributed by atoms with E-state index in [1.807, 2.05) is 22.6 Å². The topological polar surface area (TPSA) is 69.3 Å². The average molecular weight is 342 g/mol. The number of nitrogens with zero attached hydrogens (tertiary/aromatic N) is 4. The summed E-state index contributed by atoms with van der Waals surface area (Å²) in [4.78, 5) is 23.7. The summed E-state index contributed by atoms with van der Waals surface area (Å²) < 4.78 is 3.47. The van der Waals surface area contributed by atoms with Crippen LogP contribution in [0.5, 0.6) is 0 Å². The van der Waals surface area contributed by atoms with Gasteiger partial charge in [-0.3, -0.25) is 13.8 Å². The second-order valence-corrected chi connectivity index (χ2v) is 6.56.